The van der Waals surface area contributed by atoms with Gasteiger partial charge in [-0.3, -0.25) is 0 Å². The molecule has 0 aliphatic carbocycles. The summed E-state index contributed by atoms with van der Waals surface area (Å²) in [7, 11) is 0.306. The van der Waals surface area contributed by atoms with Crippen molar-refractivity contribution in [1.29, 1.82) is 0 Å². The van der Waals surface area contributed by atoms with Gasteiger partial charge in [0.15, 0.2) is 0 Å². The molecule has 0 saturated heterocycles. The van der Waals surface area contributed by atoms with E-state index < -0.39 is 10.0 Å². The maximum absolute atomic E-state index is 13.0. The quantitative estimate of drug-likeness (QED) is 0.780. The van der Waals surface area contributed by atoms with E-state index in [9.17, 15) is 8.42 Å². The molecular weight excluding hydrogens is 286 g/mol. The van der Waals surface area contributed by atoms with Gasteiger partial charge in [0, 0.05) is 19.6 Å². The predicted molar refractivity (Wildman–Crippen MR) is 87.9 cm³/mol. The van der Waals surface area contributed by atoms with Crippen LogP contribution in [-0.2, 0) is 10.0 Å². The lowest BCUT2D eigenvalue weighted by Gasteiger charge is -2.25. The van der Waals surface area contributed by atoms with Crippen molar-refractivity contribution in [2.24, 2.45) is 0 Å². The van der Waals surface area contributed by atoms with Crippen molar-refractivity contribution in [3.8, 4) is 0 Å². The summed E-state index contributed by atoms with van der Waals surface area (Å²) in [6.45, 7) is 7.35. The van der Waals surface area contributed by atoms with Gasteiger partial charge in [-0.2, -0.15) is 4.31 Å². The minimum absolute atomic E-state index is 0.259. The molecule has 0 aromatic heterocycles. The van der Waals surface area contributed by atoms with Crippen molar-refractivity contribution in [3.63, 3.8) is 0 Å². The molecule has 0 spiro atoms. The standard InChI is InChI=1S/C15H27N3O2S/c1-6-9-18(11-10-17(4)5)21(19,20)15-13(3)12(2)7-8-14(15)16/h7-8H,6,9-11,16H2,1-5H3. The molecule has 5 nitrogen and oxygen atoms in total. The Hall–Kier alpha value is -1.11. The highest BCUT2D eigenvalue weighted by Gasteiger charge is 2.28. The Balaban J connectivity index is 3.26. The molecular formula is C15H27N3O2S. The molecule has 21 heavy (non-hydrogen) atoms. The van der Waals surface area contributed by atoms with E-state index in [1.165, 1.54) is 4.31 Å². The molecule has 0 saturated carbocycles. The second-order valence-electron chi connectivity index (χ2n) is 5.63. The monoisotopic (exact) mass is 313 g/mol. The van der Waals surface area contributed by atoms with E-state index in [0.29, 0.717) is 25.3 Å². The third-order valence-corrected chi connectivity index (χ3v) is 5.68. The Labute approximate surface area is 128 Å². The summed E-state index contributed by atoms with van der Waals surface area (Å²) in [4.78, 5) is 2.24. The van der Waals surface area contributed by atoms with Gasteiger partial charge in [-0.1, -0.05) is 13.0 Å². The third-order valence-electron chi connectivity index (χ3n) is 3.57. The normalized spacial score (nSPS) is 12.3. The van der Waals surface area contributed by atoms with Gasteiger partial charge in [0.2, 0.25) is 10.0 Å². The van der Waals surface area contributed by atoms with Crippen LogP contribution in [0.1, 0.15) is 24.5 Å². The molecule has 0 heterocycles. The van der Waals surface area contributed by atoms with Gasteiger partial charge in [0.25, 0.3) is 0 Å². The smallest absolute Gasteiger partial charge is 0.245 e. The average Bonchev–Trinajstić information content (AvgIpc) is 2.38. The van der Waals surface area contributed by atoms with Crippen molar-refractivity contribution >= 4 is 15.7 Å². The van der Waals surface area contributed by atoms with E-state index in [1.807, 2.05) is 45.8 Å². The molecule has 0 aliphatic rings. The van der Waals surface area contributed by atoms with Crippen LogP contribution >= 0.6 is 0 Å². The summed E-state index contributed by atoms with van der Waals surface area (Å²) < 4.78 is 27.4. The van der Waals surface area contributed by atoms with Gasteiger partial charge >= 0.3 is 0 Å². The van der Waals surface area contributed by atoms with E-state index in [4.69, 9.17) is 5.73 Å². The van der Waals surface area contributed by atoms with Gasteiger partial charge in [0.1, 0.15) is 4.90 Å². The molecule has 1 aromatic rings. The van der Waals surface area contributed by atoms with E-state index in [-0.39, 0.29) is 4.90 Å². The Kier molecular flexibility index (Phi) is 6.19. The van der Waals surface area contributed by atoms with Crippen molar-refractivity contribution in [2.45, 2.75) is 32.1 Å². The topological polar surface area (TPSA) is 66.6 Å². The van der Waals surface area contributed by atoms with Crippen LogP contribution < -0.4 is 5.73 Å². The molecule has 0 amide bonds. The zero-order valence-electron chi connectivity index (χ0n) is 13.7. The molecule has 0 bridgehead atoms. The van der Waals surface area contributed by atoms with Crippen LogP contribution in [0.15, 0.2) is 17.0 Å². The number of likely N-dealkylation sites (N-methyl/N-ethyl adjacent to an activating group) is 1. The van der Waals surface area contributed by atoms with Gasteiger partial charge < -0.3 is 10.6 Å². The van der Waals surface area contributed by atoms with Gasteiger partial charge in [0.05, 0.1) is 5.69 Å². The summed E-state index contributed by atoms with van der Waals surface area (Å²) in [6, 6.07) is 3.53. The van der Waals surface area contributed by atoms with Crippen molar-refractivity contribution in [1.82, 2.24) is 9.21 Å². The minimum atomic E-state index is -3.56. The van der Waals surface area contributed by atoms with E-state index in [1.54, 1.807) is 6.07 Å². The molecule has 0 fully saturated rings. The van der Waals surface area contributed by atoms with Gasteiger partial charge in [-0.15, -0.1) is 0 Å². The van der Waals surface area contributed by atoms with Crippen molar-refractivity contribution < 1.29 is 8.42 Å². The number of aryl methyl sites for hydroxylation is 1. The molecule has 0 radical (unpaired) electrons. The third kappa shape index (κ3) is 4.18. The largest absolute Gasteiger partial charge is 0.398 e. The molecule has 0 aliphatic heterocycles. The van der Waals surface area contributed by atoms with Crippen LogP contribution in [0.25, 0.3) is 0 Å². The van der Waals surface area contributed by atoms with E-state index >= 15 is 0 Å². The predicted octanol–water partition coefficient (Wildman–Crippen LogP) is 1.85. The molecule has 120 valence electrons. The zero-order valence-corrected chi connectivity index (χ0v) is 14.5. The number of hydrogen-bond acceptors (Lipinski definition) is 4. The summed E-state index contributed by atoms with van der Waals surface area (Å²) in [6.07, 6.45) is 0.775. The van der Waals surface area contributed by atoms with E-state index in [0.717, 1.165) is 17.5 Å². The lowest BCUT2D eigenvalue weighted by atomic mass is 10.1. The lowest BCUT2D eigenvalue weighted by molar-refractivity contribution is 0.333. The van der Waals surface area contributed by atoms with Crippen LogP contribution in [-0.4, -0.2) is 51.4 Å². The van der Waals surface area contributed by atoms with Crippen LogP contribution in [0.3, 0.4) is 0 Å². The van der Waals surface area contributed by atoms with Crippen LogP contribution in [0, 0.1) is 13.8 Å². The van der Waals surface area contributed by atoms with E-state index in [2.05, 4.69) is 0 Å². The average molecular weight is 313 g/mol. The van der Waals surface area contributed by atoms with Crippen molar-refractivity contribution in [3.05, 3.63) is 23.3 Å². The van der Waals surface area contributed by atoms with Gasteiger partial charge in [-0.25, -0.2) is 8.42 Å². The Morgan fingerprint density at radius 2 is 1.71 bits per heavy atom. The molecule has 2 N–H and O–H groups in total. The molecule has 6 heteroatoms. The number of nitrogen functional groups attached to an aromatic ring is 1. The fraction of sp³-hybridized carbons (Fsp3) is 0.600. The number of benzene rings is 1. The Morgan fingerprint density at radius 3 is 2.24 bits per heavy atom. The molecule has 1 aromatic carbocycles. The highest BCUT2D eigenvalue weighted by molar-refractivity contribution is 7.89. The fourth-order valence-corrected chi connectivity index (χ4v) is 4.11. The second kappa shape index (κ2) is 7.24. The molecule has 0 atom stereocenters. The highest BCUT2D eigenvalue weighted by Crippen LogP contribution is 2.28. The first-order chi connectivity index (χ1) is 9.71. The lowest BCUT2D eigenvalue weighted by Crippen LogP contribution is -2.37. The summed E-state index contributed by atoms with van der Waals surface area (Å²) in [5.74, 6) is 0. The minimum Gasteiger partial charge on any atom is -0.398 e. The SMILES string of the molecule is CCCN(CCN(C)C)S(=O)(=O)c1c(N)ccc(C)c1C. The van der Waals surface area contributed by atoms with Crippen LogP contribution in [0.2, 0.25) is 0 Å². The Morgan fingerprint density at radius 1 is 1.10 bits per heavy atom. The van der Waals surface area contributed by atoms with Crippen molar-refractivity contribution in [2.75, 3.05) is 39.5 Å². The van der Waals surface area contributed by atoms with Crippen LogP contribution in [0.5, 0.6) is 0 Å². The maximum Gasteiger partial charge on any atom is 0.245 e. The first kappa shape index (κ1) is 17.9. The summed E-state index contributed by atoms with van der Waals surface area (Å²) >= 11 is 0. The van der Waals surface area contributed by atoms with Crippen LogP contribution in [0.4, 0.5) is 5.69 Å². The number of anilines is 1. The maximum atomic E-state index is 13.0. The Bertz CT molecular complexity index is 583. The number of rotatable bonds is 7. The zero-order chi connectivity index (χ0) is 16.2. The number of nitrogens with zero attached hydrogens (tertiary/aromatic N) is 2. The molecule has 0 unspecified atom stereocenters. The first-order valence-electron chi connectivity index (χ1n) is 7.22. The number of nitrogens with two attached hydrogens (primary N) is 1. The second-order valence-corrected chi connectivity index (χ2v) is 7.51. The molecule has 1 rings (SSSR count). The highest BCUT2D eigenvalue weighted by atomic mass is 32.2. The fourth-order valence-electron chi connectivity index (χ4n) is 2.20. The summed E-state index contributed by atoms with van der Waals surface area (Å²) in [5, 5.41) is 0. The summed E-state index contributed by atoms with van der Waals surface area (Å²) in [5.41, 5.74) is 7.95. The first-order valence-corrected chi connectivity index (χ1v) is 8.66. The number of hydrogen-bond donors (Lipinski definition) is 1. The number of sulfonamides is 1. The van der Waals surface area contributed by atoms with Gasteiger partial charge in [-0.05, 0) is 51.6 Å².